The molecule has 0 unspecified atom stereocenters. The number of nitrogens with one attached hydrogen (secondary N) is 1. The van der Waals surface area contributed by atoms with E-state index in [9.17, 15) is 22.9 Å². The van der Waals surface area contributed by atoms with Crippen LogP contribution in [0.2, 0.25) is 10.0 Å². The molecule has 39 heavy (non-hydrogen) atoms. The molecule has 1 amide bonds. The number of amides is 1. The van der Waals surface area contributed by atoms with Crippen molar-refractivity contribution in [1.29, 1.82) is 0 Å². The van der Waals surface area contributed by atoms with Crippen LogP contribution < -0.4 is 44.7 Å². The van der Waals surface area contributed by atoms with Gasteiger partial charge in [-0.25, -0.2) is 0 Å². The van der Waals surface area contributed by atoms with Crippen LogP contribution in [0, 0.1) is 0 Å². The van der Waals surface area contributed by atoms with E-state index in [4.69, 9.17) is 27.9 Å². The second-order valence-corrected chi connectivity index (χ2v) is 10.2. The van der Waals surface area contributed by atoms with Gasteiger partial charge >= 0.3 is 29.6 Å². The zero-order valence-electron chi connectivity index (χ0n) is 21.0. The van der Waals surface area contributed by atoms with Crippen molar-refractivity contribution in [2.45, 2.75) is 18.2 Å². The van der Waals surface area contributed by atoms with Crippen LogP contribution in [0.4, 0.5) is 17.1 Å². The predicted molar refractivity (Wildman–Crippen MR) is 144 cm³/mol. The molecule has 0 aromatic heterocycles. The number of benzene rings is 4. The van der Waals surface area contributed by atoms with Crippen LogP contribution in [0.3, 0.4) is 0 Å². The number of hydrogen-bond donors (Lipinski definition) is 2. The molecule has 2 N–H and O–H groups in total. The quantitative estimate of drug-likeness (QED) is 0.189. The Labute approximate surface area is 256 Å². The Bertz CT molecular complexity index is 1710. The minimum absolute atomic E-state index is 0. The van der Waals surface area contributed by atoms with Gasteiger partial charge in [0.2, 0.25) is 0 Å². The van der Waals surface area contributed by atoms with Gasteiger partial charge in [-0.1, -0.05) is 66.2 Å². The molecule has 9 nitrogen and oxygen atoms in total. The summed E-state index contributed by atoms with van der Waals surface area (Å²) in [5.41, 5.74) is 0.0389. The first-order valence-corrected chi connectivity index (χ1v) is 13.3. The minimum atomic E-state index is -4.71. The predicted octanol–water partition coefficient (Wildman–Crippen LogP) is 3.71. The van der Waals surface area contributed by atoms with Gasteiger partial charge in [-0.2, -0.15) is 13.5 Å². The van der Waals surface area contributed by atoms with E-state index in [1.807, 2.05) is 0 Å². The molecule has 4 rings (SSSR count). The molecule has 4 aromatic rings. The Kier molecular flexibility index (Phi) is 10.0. The molecule has 0 saturated carbocycles. The summed E-state index contributed by atoms with van der Waals surface area (Å²) in [6.45, 7) is 1.80. The number of hydrogen-bond acceptors (Lipinski definition) is 7. The SMILES string of the molecule is CCc1ccc(S(=O)(=O)O)c(N=Nc2c([O-])c(C(=O)Nc3ccc(OC)cc3Cl)cc3ccccc23)c1Cl.[Na+]. The summed E-state index contributed by atoms with van der Waals surface area (Å²) in [6.07, 6.45) is 0.451. The van der Waals surface area contributed by atoms with Gasteiger partial charge in [-0.05, 0) is 41.6 Å². The maximum Gasteiger partial charge on any atom is 1.00 e. The van der Waals surface area contributed by atoms with E-state index in [-0.39, 0.29) is 62.2 Å². The minimum Gasteiger partial charge on any atom is -0.870 e. The maximum atomic E-state index is 13.4. The fraction of sp³-hybridized carbons (Fsp3) is 0.115. The van der Waals surface area contributed by atoms with E-state index < -0.39 is 26.7 Å². The van der Waals surface area contributed by atoms with Gasteiger partial charge in [0.25, 0.3) is 16.0 Å². The molecule has 0 atom stereocenters. The molecule has 0 fully saturated rings. The molecular formula is C26H20Cl2N3NaO6S. The Morgan fingerprint density at radius 3 is 2.38 bits per heavy atom. The van der Waals surface area contributed by atoms with E-state index in [1.165, 1.54) is 31.4 Å². The maximum absolute atomic E-state index is 13.4. The third-order valence-corrected chi connectivity index (χ3v) is 7.33. The van der Waals surface area contributed by atoms with Crippen molar-refractivity contribution < 1.29 is 57.2 Å². The molecule has 0 aliphatic heterocycles. The normalized spacial score (nSPS) is 11.4. The first-order valence-electron chi connectivity index (χ1n) is 11.1. The molecule has 0 spiro atoms. The molecule has 0 radical (unpaired) electrons. The summed E-state index contributed by atoms with van der Waals surface area (Å²) in [5, 5.41) is 25.1. The zero-order chi connectivity index (χ0) is 27.6. The summed E-state index contributed by atoms with van der Waals surface area (Å²) < 4.78 is 38.7. The smallest absolute Gasteiger partial charge is 0.870 e. The Morgan fingerprint density at radius 1 is 1.05 bits per heavy atom. The second kappa shape index (κ2) is 12.6. The molecule has 4 aromatic carbocycles. The Balaban J connectivity index is 0.00000420. The van der Waals surface area contributed by atoms with Gasteiger partial charge in [-0.15, -0.1) is 5.11 Å². The van der Waals surface area contributed by atoms with Gasteiger partial charge < -0.3 is 15.2 Å². The zero-order valence-corrected chi connectivity index (χ0v) is 25.4. The van der Waals surface area contributed by atoms with Crippen molar-refractivity contribution in [2.75, 3.05) is 12.4 Å². The van der Waals surface area contributed by atoms with E-state index in [1.54, 1.807) is 37.3 Å². The first-order chi connectivity index (χ1) is 18.0. The largest absolute Gasteiger partial charge is 1.00 e. The van der Waals surface area contributed by atoms with Crippen molar-refractivity contribution >= 4 is 67.1 Å². The number of methoxy groups -OCH3 is 1. The van der Waals surface area contributed by atoms with E-state index in [0.29, 0.717) is 28.5 Å². The van der Waals surface area contributed by atoms with Crippen LogP contribution in [0.1, 0.15) is 22.8 Å². The number of anilines is 1. The van der Waals surface area contributed by atoms with Crippen LogP contribution in [0.25, 0.3) is 10.8 Å². The molecule has 0 saturated heterocycles. The average molecular weight is 596 g/mol. The summed E-state index contributed by atoms with van der Waals surface area (Å²) in [5.74, 6) is -1.01. The van der Waals surface area contributed by atoms with Crippen LogP contribution in [0.5, 0.6) is 11.5 Å². The molecular weight excluding hydrogens is 576 g/mol. The topological polar surface area (TPSA) is 140 Å². The monoisotopic (exact) mass is 595 g/mol. The molecule has 0 bridgehead atoms. The Morgan fingerprint density at radius 2 is 1.74 bits per heavy atom. The fourth-order valence-electron chi connectivity index (χ4n) is 3.75. The third-order valence-electron chi connectivity index (χ3n) is 5.71. The van der Waals surface area contributed by atoms with Gasteiger partial charge in [0.05, 0.1) is 28.5 Å². The molecule has 13 heteroatoms. The van der Waals surface area contributed by atoms with Crippen LogP contribution in [-0.2, 0) is 16.5 Å². The van der Waals surface area contributed by atoms with Crippen molar-refractivity contribution in [2.24, 2.45) is 10.2 Å². The van der Waals surface area contributed by atoms with Gasteiger partial charge in [0.15, 0.2) is 0 Å². The van der Waals surface area contributed by atoms with E-state index in [0.717, 1.165) is 6.07 Å². The average Bonchev–Trinajstić information content (AvgIpc) is 2.88. The number of halogens is 2. The second-order valence-electron chi connectivity index (χ2n) is 8.04. The van der Waals surface area contributed by atoms with Crippen molar-refractivity contribution in [3.63, 3.8) is 0 Å². The van der Waals surface area contributed by atoms with Gasteiger partial charge in [0.1, 0.15) is 16.3 Å². The van der Waals surface area contributed by atoms with Crippen LogP contribution >= 0.6 is 23.2 Å². The number of nitrogens with zero attached hydrogens (tertiary/aromatic N) is 2. The van der Waals surface area contributed by atoms with Crippen molar-refractivity contribution in [3.8, 4) is 11.5 Å². The number of carbonyl (C=O) groups is 1. The van der Waals surface area contributed by atoms with Gasteiger partial charge in [-0.3, -0.25) is 9.35 Å². The Hall–Kier alpha value is -2.70. The summed E-state index contributed by atoms with van der Waals surface area (Å²) >= 11 is 12.6. The fourth-order valence-corrected chi connectivity index (χ4v) is 4.99. The summed E-state index contributed by atoms with van der Waals surface area (Å²) in [7, 11) is -3.23. The van der Waals surface area contributed by atoms with Crippen molar-refractivity contribution in [3.05, 3.63) is 81.8 Å². The molecule has 0 aliphatic rings. The standard InChI is InChI=1S/C26H21Cl2N3O6S.Na/c1-3-14-8-11-21(38(34,35)36)24(22(14)28)31-30-23-17-7-5-4-6-15(17)12-18(25(23)32)26(33)29-20-10-9-16(37-2)13-19(20)27;/h4-13,32H,3H2,1-2H3,(H,29,33)(H,34,35,36);/q;+1/p-1. The number of ether oxygens (including phenoxy) is 1. The van der Waals surface area contributed by atoms with E-state index >= 15 is 0 Å². The number of azo groups is 1. The molecule has 0 heterocycles. The number of fused-ring (bicyclic) bond motifs is 1. The van der Waals surface area contributed by atoms with Crippen LogP contribution in [-0.4, -0.2) is 26.0 Å². The van der Waals surface area contributed by atoms with Gasteiger partial charge in [0, 0.05) is 17.0 Å². The third kappa shape index (κ3) is 6.55. The summed E-state index contributed by atoms with van der Waals surface area (Å²) in [6, 6.07) is 15.3. The molecule has 0 aliphatic carbocycles. The number of aryl methyl sites for hydroxylation is 1. The molecule has 196 valence electrons. The number of carbonyl (C=O) groups excluding carboxylic acids is 1. The van der Waals surface area contributed by atoms with Crippen LogP contribution in [0.15, 0.2) is 75.8 Å². The van der Waals surface area contributed by atoms with Crippen molar-refractivity contribution in [1.82, 2.24) is 0 Å². The summed E-state index contributed by atoms with van der Waals surface area (Å²) in [4.78, 5) is 12.6. The van der Waals surface area contributed by atoms with E-state index in [2.05, 4.69) is 15.5 Å². The number of rotatable bonds is 7. The first kappa shape index (κ1) is 30.8.